The summed E-state index contributed by atoms with van der Waals surface area (Å²) in [5.41, 5.74) is 0. The molecular weight excluding hydrogens is 281 g/mol. The van der Waals surface area contributed by atoms with Crippen molar-refractivity contribution in [2.75, 3.05) is 7.11 Å². The average molecular weight is 295 g/mol. The van der Waals surface area contributed by atoms with Gasteiger partial charge in [-0.05, 0) is 31.6 Å². The fourth-order valence-corrected chi connectivity index (χ4v) is 3.64. The molecule has 0 aliphatic heterocycles. The fourth-order valence-electron chi connectivity index (χ4n) is 2.27. The summed E-state index contributed by atoms with van der Waals surface area (Å²) in [7, 11) is 2.53. The van der Waals surface area contributed by atoms with Gasteiger partial charge in [0.2, 0.25) is 9.05 Å². The third kappa shape index (κ3) is 3.99. The van der Waals surface area contributed by atoms with Gasteiger partial charge in [-0.25, -0.2) is 8.42 Å². The van der Waals surface area contributed by atoms with E-state index in [2.05, 4.69) is 4.74 Å². The summed E-state index contributed by atoms with van der Waals surface area (Å²) in [6, 6.07) is 0. The molecule has 0 saturated heterocycles. The summed E-state index contributed by atoms with van der Waals surface area (Å²) in [6.07, 6.45) is -5.59. The number of hydrogen-bond acceptors (Lipinski definition) is 3. The van der Waals surface area contributed by atoms with Crippen molar-refractivity contribution in [3.63, 3.8) is 0 Å². The van der Waals surface area contributed by atoms with Crippen LogP contribution in [0.5, 0.6) is 0 Å². The van der Waals surface area contributed by atoms with Crippen molar-refractivity contribution in [2.45, 2.75) is 43.2 Å². The second kappa shape index (κ2) is 5.32. The number of alkyl halides is 3. The molecule has 1 saturated carbocycles. The van der Waals surface area contributed by atoms with Gasteiger partial charge in [0, 0.05) is 17.8 Å². The Morgan fingerprint density at radius 2 is 1.71 bits per heavy atom. The van der Waals surface area contributed by atoms with Crippen LogP contribution in [0.4, 0.5) is 13.2 Å². The van der Waals surface area contributed by atoms with E-state index in [-0.39, 0.29) is 25.7 Å². The number of hydrogen-bond donors (Lipinski definition) is 0. The smallest absolute Gasteiger partial charge is 0.372 e. The third-order valence-corrected chi connectivity index (χ3v) is 5.15. The molecule has 0 amide bonds. The minimum atomic E-state index is -4.41. The lowest BCUT2D eigenvalue weighted by Gasteiger charge is -2.32. The first kappa shape index (κ1) is 15.0. The van der Waals surface area contributed by atoms with Gasteiger partial charge in [-0.15, -0.1) is 0 Å². The van der Waals surface area contributed by atoms with Gasteiger partial charge in [-0.1, -0.05) is 0 Å². The molecule has 102 valence electrons. The fraction of sp³-hybridized carbons (Fsp3) is 1.00. The molecule has 1 unspecified atom stereocenters. The molecule has 1 fully saturated rings. The van der Waals surface area contributed by atoms with Crippen molar-refractivity contribution < 1.29 is 26.3 Å². The molecule has 1 aliphatic rings. The van der Waals surface area contributed by atoms with E-state index < -0.39 is 32.5 Å². The standard InChI is InChI=1S/C9H14ClF3O3S/c1-16-8(9(11,12)13)6-2-4-7(5-3-6)17(10,14)15/h6-8H,2-5H2,1H3. The van der Waals surface area contributed by atoms with Crippen molar-refractivity contribution in [1.29, 1.82) is 0 Å². The van der Waals surface area contributed by atoms with Gasteiger partial charge in [0.1, 0.15) is 0 Å². The van der Waals surface area contributed by atoms with Crippen molar-refractivity contribution in [3.05, 3.63) is 0 Å². The van der Waals surface area contributed by atoms with E-state index in [4.69, 9.17) is 10.7 Å². The molecule has 17 heavy (non-hydrogen) atoms. The normalized spacial score (nSPS) is 29.0. The van der Waals surface area contributed by atoms with E-state index in [1.165, 1.54) is 0 Å². The number of rotatable bonds is 3. The van der Waals surface area contributed by atoms with E-state index in [0.29, 0.717) is 0 Å². The van der Waals surface area contributed by atoms with Gasteiger partial charge in [0.25, 0.3) is 0 Å². The molecule has 1 atom stereocenters. The van der Waals surface area contributed by atoms with E-state index in [0.717, 1.165) is 7.11 Å². The predicted molar refractivity (Wildman–Crippen MR) is 57.4 cm³/mol. The Bertz CT molecular complexity index is 347. The van der Waals surface area contributed by atoms with Crippen LogP contribution >= 0.6 is 10.7 Å². The Morgan fingerprint density at radius 1 is 1.24 bits per heavy atom. The van der Waals surface area contributed by atoms with Crippen molar-refractivity contribution in [2.24, 2.45) is 5.92 Å². The monoisotopic (exact) mass is 294 g/mol. The lowest BCUT2D eigenvalue weighted by atomic mass is 9.84. The molecule has 0 aromatic rings. The second-order valence-corrected chi connectivity index (χ2v) is 7.12. The highest BCUT2D eigenvalue weighted by atomic mass is 35.7. The SMILES string of the molecule is COC(C1CCC(S(=O)(=O)Cl)CC1)C(F)(F)F. The Morgan fingerprint density at radius 3 is 2.00 bits per heavy atom. The summed E-state index contributed by atoms with van der Waals surface area (Å²) in [4.78, 5) is 0. The maximum atomic E-state index is 12.6. The molecule has 1 aliphatic carbocycles. The van der Waals surface area contributed by atoms with Crippen LogP contribution in [0.25, 0.3) is 0 Å². The summed E-state index contributed by atoms with van der Waals surface area (Å²) >= 11 is 0. The first-order valence-corrected chi connectivity index (χ1v) is 7.56. The quantitative estimate of drug-likeness (QED) is 0.752. The molecular formula is C9H14ClF3O3S. The van der Waals surface area contributed by atoms with Crippen LogP contribution in [0.15, 0.2) is 0 Å². The zero-order valence-electron chi connectivity index (χ0n) is 9.21. The van der Waals surface area contributed by atoms with Gasteiger partial charge in [0.05, 0.1) is 5.25 Å². The van der Waals surface area contributed by atoms with Gasteiger partial charge < -0.3 is 4.74 Å². The maximum Gasteiger partial charge on any atom is 0.414 e. The highest BCUT2D eigenvalue weighted by molar-refractivity contribution is 8.14. The molecule has 0 radical (unpaired) electrons. The Kier molecular flexibility index (Phi) is 4.71. The molecule has 0 aromatic carbocycles. The molecule has 1 rings (SSSR count). The first-order valence-electron chi connectivity index (χ1n) is 5.19. The first-order chi connectivity index (χ1) is 7.66. The molecule has 0 spiro atoms. The van der Waals surface area contributed by atoms with E-state index in [1.807, 2.05) is 0 Å². The van der Waals surface area contributed by atoms with E-state index >= 15 is 0 Å². The highest BCUT2D eigenvalue weighted by Crippen LogP contribution is 2.38. The molecule has 0 bridgehead atoms. The van der Waals surface area contributed by atoms with E-state index in [1.54, 1.807) is 0 Å². The van der Waals surface area contributed by atoms with Crippen molar-refractivity contribution >= 4 is 19.7 Å². The summed E-state index contributed by atoms with van der Waals surface area (Å²) in [6.45, 7) is 0. The van der Waals surface area contributed by atoms with Crippen LogP contribution in [-0.2, 0) is 13.8 Å². The van der Waals surface area contributed by atoms with Crippen LogP contribution in [-0.4, -0.2) is 33.1 Å². The largest absolute Gasteiger partial charge is 0.414 e. The third-order valence-electron chi connectivity index (χ3n) is 3.12. The van der Waals surface area contributed by atoms with Crippen LogP contribution in [0.1, 0.15) is 25.7 Å². The Hall–Kier alpha value is -0.0100. The number of ether oxygens (including phenoxy) is 1. The molecule has 0 heterocycles. The van der Waals surface area contributed by atoms with Crippen LogP contribution in [0, 0.1) is 5.92 Å². The summed E-state index contributed by atoms with van der Waals surface area (Å²) < 4.78 is 64.3. The lowest BCUT2D eigenvalue weighted by Crippen LogP contribution is -2.40. The Labute approximate surface area is 103 Å². The molecule has 3 nitrogen and oxygen atoms in total. The van der Waals surface area contributed by atoms with Crippen LogP contribution < -0.4 is 0 Å². The number of halogens is 4. The van der Waals surface area contributed by atoms with Gasteiger partial charge in [-0.3, -0.25) is 0 Å². The minimum Gasteiger partial charge on any atom is -0.372 e. The second-order valence-electron chi connectivity index (χ2n) is 4.21. The zero-order chi connectivity index (χ0) is 13.3. The maximum absolute atomic E-state index is 12.6. The highest BCUT2D eigenvalue weighted by Gasteiger charge is 2.46. The van der Waals surface area contributed by atoms with Crippen molar-refractivity contribution in [3.8, 4) is 0 Å². The molecule has 0 aromatic heterocycles. The topological polar surface area (TPSA) is 43.4 Å². The van der Waals surface area contributed by atoms with Crippen LogP contribution in [0.3, 0.4) is 0 Å². The molecule has 0 N–H and O–H groups in total. The summed E-state index contributed by atoms with van der Waals surface area (Å²) in [5.74, 6) is -0.685. The van der Waals surface area contributed by atoms with Crippen molar-refractivity contribution in [1.82, 2.24) is 0 Å². The minimum absolute atomic E-state index is 0.159. The van der Waals surface area contributed by atoms with Gasteiger partial charge in [0.15, 0.2) is 6.10 Å². The Balaban J connectivity index is 2.63. The summed E-state index contributed by atoms with van der Waals surface area (Å²) in [5, 5.41) is -0.730. The predicted octanol–water partition coefficient (Wildman–Crippen LogP) is 2.69. The van der Waals surface area contributed by atoms with Crippen LogP contribution in [0.2, 0.25) is 0 Å². The lowest BCUT2D eigenvalue weighted by molar-refractivity contribution is -0.231. The van der Waals surface area contributed by atoms with E-state index in [9.17, 15) is 21.6 Å². The van der Waals surface area contributed by atoms with Gasteiger partial charge in [-0.2, -0.15) is 13.2 Å². The average Bonchev–Trinajstić information content (AvgIpc) is 2.16. The van der Waals surface area contributed by atoms with Gasteiger partial charge >= 0.3 is 6.18 Å². The molecule has 8 heteroatoms. The number of methoxy groups -OCH3 is 1. The zero-order valence-corrected chi connectivity index (χ0v) is 10.8.